The number of tetrazole rings is 1. The molecular formula is C10H14N6. The van der Waals surface area contributed by atoms with Gasteiger partial charge in [0.05, 0.1) is 6.54 Å². The third-order valence-corrected chi connectivity index (χ3v) is 2.36. The molecule has 0 spiro atoms. The highest BCUT2D eigenvalue weighted by Gasteiger charge is 2.12. The maximum Gasteiger partial charge on any atom is 0.200 e. The van der Waals surface area contributed by atoms with E-state index in [2.05, 4.69) is 27.4 Å². The molecule has 0 bridgehead atoms. The first-order valence-electron chi connectivity index (χ1n) is 5.27. The van der Waals surface area contributed by atoms with Gasteiger partial charge in [0.15, 0.2) is 0 Å². The van der Waals surface area contributed by atoms with Crippen molar-refractivity contribution in [1.29, 1.82) is 0 Å². The highest BCUT2D eigenvalue weighted by atomic mass is 15.5. The van der Waals surface area contributed by atoms with Crippen LogP contribution in [0.2, 0.25) is 0 Å². The molecule has 0 aliphatic rings. The van der Waals surface area contributed by atoms with Crippen LogP contribution in [0.25, 0.3) is 11.5 Å². The quantitative estimate of drug-likeness (QED) is 0.795. The molecule has 0 amide bonds. The maximum atomic E-state index is 5.50. The van der Waals surface area contributed by atoms with Crippen molar-refractivity contribution < 1.29 is 0 Å². The molecule has 0 saturated carbocycles. The Bertz CT molecular complexity index is 464. The van der Waals surface area contributed by atoms with E-state index in [1.165, 1.54) is 0 Å². The first-order valence-corrected chi connectivity index (χ1v) is 5.27. The Morgan fingerprint density at radius 3 is 3.06 bits per heavy atom. The van der Waals surface area contributed by atoms with Crippen LogP contribution in [-0.2, 0) is 13.0 Å². The third-order valence-electron chi connectivity index (χ3n) is 2.36. The average Bonchev–Trinajstić information content (AvgIpc) is 2.77. The van der Waals surface area contributed by atoms with Crippen LogP contribution >= 0.6 is 0 Å². The van der Waals surface area contributed by atoms with Crippen molar-refractivity contribution in [3.63, 3.8) is 0 Å². The summed E-state index contributed by atoms with van der Waals surface area (Å²) in [5, 5.41) is 11.6. The molecule has 84 valence electrons. The van der Waals surface area contributed by atoms with E-state index >= 15 is 0 Å². The molecule has 0 radical (unpaired) electrons. The zero-order valence-electron chi connectivity index (χ0n) is 9.17. The summed E-state index contributed by atoms with van der Waals surface area (Å²) in [6.07, 6.45) is 2.65. The number of nitrogens with two attached hydrogens (primary N) is 1. The SMILES string of the molecule is CCc1cccnc1-c1nnnn1CCN. The number of hydrogen-bond acceptors (Lipinski definition) is 5. The minimum Gasteiger partial charge on any atom is -0.329 e. The monoisotopic (exact) mass is 218 g/mol. The van der Waals surface area contributed by atoms with E-state index in [-0.39, 0.29) is 0 Å². The maximum absolute atomic E-state index is 5.50. The van der Waals surface area contributed by atoms with E-state index in [0.29, 0.717) is 18.9 Å². The lowest BCUT2D eigenvalue weighted by Crippen LogP contribution is -2.13. The molecule has 0 unspecified atom stereocenters. The van der Waals surface area contributed by atoms with Crippen LogP contribution in [0.15, 0.2) is 18.3 Å². The van der Waals surface area contributed by atoms with Crippen molar-refractivity contribution in [2.24, 2.45) is 5.73 Å². The van der Waals surface area contributed by atoms with E-state index in [1.807, 2.05) is 12.1 Å². The standard InChI is InChI=1S/C10H14N6/c1-2-8-4-3-6-12-9(8)10-13-14-15-16(10)7-5-11/h3-4,6H,2,5,7,11H2,1H3. The van der Waals surface area contributed by atoms with Crippen LogP contribution < -0.4 is 5.73 Å². The number of nitrogens with zero attached hydrogens (tertiary/aromatic N) is 5. The Hall–Kier alpha value is -1.82. The summed E-state index contributed by atoms with van der Waals surface area (Å²) in [6, 6.07) is 3.95. The van der Waals surface area contributed by atoms with Gasteiger partial charge in [-0.2, -0.15) is 0 Å². The number of rotatable bonds is 4. The molecule has 6 heteroatoms. The molecule has 2 aromatic heterocycles. The highest BCUT2D eigenvalue weighted by molar-refractivity contribution is 5.54. The Balaban J connectivity index is 2.45. The second-order valence-corrected chi connectivity index (χ2v) is 3.38. The average molecular weight is 218 g/mol. The van der Waals surface area contributed by atoms with Crippen molar-refractivity contribution in [2.75, 3.05) is 6.54 Å². The molecule has 0 fully saturated rings. The highest BCUT2D eigenvalue weighted by Crippen LogP contribution is 2.17. The number of aryl methyl sites for hydroxylation is 1. The fourth-order valence-corrected chi connectivity index (χ4v) is 1.57. The molecule has 0 saturated heterocycles. The Morgan fingerprint density at radius 2 is 2.31 bits per heavy atom. The molecule has 16 heavy (non-hydrogen) atoms. The molecule has 2 heterocycles. The normalized spacial score (nSPS) is 10.6. The first-order chi connectivity index (χ1) is 7.86. The summed E-state index contributed by atoms with van der Waals surface area (Å²) in [5.74, 6) is 0.683. The fraction of sp³-hybridized carbons (Fsp3) is 0.400. The van der Waals surface area contributed by atoms with Gasteiger partial charge in [-0.25, -0.2) is 4.68 Å². The zero-order valence-corrected chi connectivity index (χ0v) is 9.17. The lowest BCUT2D eigenvalue weighted by atomic mass is 10.1. The van der Waals surface area contributed by atoms with Gasteiger partial charge in [0.2, 0.25) is 5.82 Å². The second kappa shape index (κ2) is 4.80. The largest absolute Gasteiger partial charge is 0.329 e. The van der Waals surface area contributed by atoms with Crippen LogP contribution in [0.3, 0.4) is 0 Å². The van der Waals surface area contributed by atoms with Gasteiger partial charge in [0.1, 0.15) is 5.69 Å². The number of pyridine rings is 1. The first kappa shape index (κ1) is 10.7. The molecule has 6 nitrogen and oxygen atoms in total. The minimum absolute atomic E-state index is 0.506. The minimum atomic E-state index is 0.506. The summed E-state index contributed by atoms with van der Waals surface area (Å²) in [4.78, 5) is 4.33. The van der Waals surface area contributed by atoms with Gasteiger partial charge in [-0.1, -0.05) is 13.0 Å². The fourth-order valence-electron chi connectivity index (χ4n) is 1.57. The lowest BCUT2D eigenvalue weighted by Gasteiger charge is -2.05. The smallest absolute Gasteiger partial charge is 0.200 e. The summed E-state index contributed by atoms with van der Waals surface area (Å²) in [7, 11) is 0. The van der Waals surface area contributed by atoms with Gasteiger partial charge in [-0.3, -0.25) is 4.98 Å². The number of aromatic nitrogens is 5. The molecule has 0 atom stereocenters. The van der Waals surface area contributed by atoms with Crippen molar-refractivity contribution in [3.8, 4) is 11.5 Å². The topological polar surface area (TPSA) is 82.5 Å². The van der Waals surface area contributed by atoms with Gasteiger partial charge in [-0.15, -0.1) is 5.10 Å². The van der Waals surface area contributed by atoms with Crippen molar-refractivity contribution in [3.05, 3.63) is 23.9 Å². The van der Waals surface area contributed by atoms with Crippen molar-refractivity contribution in [2.45, 2.75) is 19.9 Å². The van der Waals surface area contributed by atoms with E-state index in [0.717, 1.165) is 17.7 Å². The lowest BCUT2D eigenvalue weighted by molar-refractivity contribution is 0.601. The van der Waals surface area contributed by atoms with E-state index in [1.54, 1.807) is 10.9 Å². The van der Waals surface area contributed by atoms with Crippen molar-refractivity contribution in [1.82, 2.24) is 25.2 Å². The Morgan fingerprint density at radius 1 is 1.44 bits per heavy atom. The number of hydrogen-bond donors (Lipinski definition) is 1. The summed E-state index contributed by atoms with van der Waals surface area (Å²) in [5.41, 5.74) is 7.47. The van der Waals surface area contributed by atoms with Gasteiger partial charge in [0, 0.05) is 12.7 Å². The van der Waals surface area contributed by atoms with Crippen LogP contribution in [0.4, 0.5) is 0 Å². The molecular weight excluding hydrogens is 204 g/mol. The molecule has 0 aliphatic heterocycles. The molecule has 2 rings (SSSR count). The van der Waals surface area contributed by atoms with E-state index in [4.69, 9.17) is 5.73 Å². The van der Waals surface area contributed by atoms with Gasteiger partial charge in [-0.05, 0) is 28.5 Å². The third kappa shape index (κ3) is 1.92. The van der Waals surface area contributed by atoms with Gasteiger partial charge < -0.3 is 5.73 Å². The summed E-state index contributed by atoms with van der Waals surface area (Å²) >= 11 is 0. The Labute approximate surface area is 93.5 Å². The summed E-state index contributed by atoms with van der Waals surface area (Å²) < 4.78 is 1.68. The Kier molecular flexibility index (Phi) is 3.21. The summed E-state index contributed by atoms with van der Waals surface area (Å²) in [6.45, 7) is 3.19. The van der Waals surface area contributed by atoms with Crippen LogP contribution in [0.5, 0.6) is 0 Å². The van der Waals surface area contributed by atoms with E-state index in [9.17, 15) is 0 Å². The van der Waals surface area contributed by atoms with Gasteiger partial charge >= 0.3 is 0 Å². The molecule has 0 aromatic carbocycles. The van der Waals surface area contributed by atoms with Crippen LogP contribution in [-0.4, -0.2) is 31.7 Å². The predicted octanol–water partition coefficient (Wildman–Crippen LogP) is 0.256. The van der Waals surface area contributed by atoms with Gasteiger partial charge in [0.25, 0.3) is 0 Å². The molecule has 0 aliphatic carbocycles. The molecule has 2 aromatic rings. The van der Waals surface area contributed by atoms with Crippen LogP contribution in [0.1, 0.15) is 12.5 Å². The van der Waals surface area contributed by atoms with Crippen molar-refractivity contribution >= 4 is 0 Å². The second-order valence-electron chi connectivity index (χ2n) is 3.38. The van der Waals surface area contributed by atoms with Crippen LogP contribution in [0, 0.1) is 0 Å². The predicted molar refractivity (Wildman–Crippen MR) is 59.5 cm³/mol. The zero-order chi connectivity index (χ0) is 11.4. The van der Waals surface area contributed by atoms with E-state index < -0.39 is 0 Å². The molecule has 2 N–H and O–H groups in total.